The van der Waals surface area contributed by atoms with Crippen molar-refractivity contribution in [2.45, 2.75) is 69.8 Å². The first-order valence-corrected chi connectivity index (χ1v) is 7.38. The quantitative estimate of drug-likeness (QED) is 0.774. The Labute approximate surface area is 114 Å². The zero-order valence-electron chi connectivity index (χ0n) is 11.7. The maximum absolute atomic E-state index is 11.8. The molecule has 2 unspecified atom stereocenters. The molecule has 0 aromatic heterocycles. The van der Waals surface area contributed by atoms with Crippen LogP contribution in [0.15, 0.2) is 0 Å². The molecule has 0 bridgehead atoms. The van der Waals surface area contributed by atoms with Gasteiger partial charge in [0.2, 0.25) is 0 Å². The van der Waals surface area contributed by atoms with Gasteiger partial charge in [0.15, 0.2) is 6.10 Å². The number of carbonyl (C=O) groups excluding carboxylic acids is 1. The first-order chi connectivity index (χ1) is 9.17. The van der Waals surface area contributed by atoms with E-state index >= 15 is 0 Å². The van der Waals surface area contributed by atoms with Gasteiger partial charge in [-0.3, -0.25) is 0 Å². The van der Waals surface area contributed by atoms with E-state index in [1.807, 2.05) is 0 Å². The summed E-state index contributed by atoms with van der Waals surface area (Å²) < 4.78 is 16.6. The molecule has 0 aromatic rings. The van der Waals surface area contributed by atoms with Gasteiger partial charge in [-0.15, -0.1) is 0 Å². The Balaban J connectivity index is 2.02. The first-order valence-electron chi connectivity index (χ1n) is 7.38. The van der Waals surface area contributed by atoms with Crippen molar-refractivity contribution in [3.05, 3.63) is 0 Å². The number of carbonyl (C=O) groups is 1. The number of hydrogen-bond donors (Lipinski definition) is 1. The van der Waals surface area contributed by atoms with Crippen molar-refractivity contribution in [3.63, 3.8) is 0 Å². The Morgan fingerprint density at radius 3 is 2.58 bits per heavy atom. The van der Waals surface area contributed by atoms with Crippen LogP contribution < -0.4 is 5.73 Å². The molecule has 1 saturated heterocycles. The maximum Gasteiger partial charge on any atom is 0.339 e. The first kappa shape index (κ1) is 14.8. The lowest BCUT2D eigenvalue weighted by atomic mass is 9.91. The summed E-state index contributed by atoms with van der Waals surface area (Å²) in [5.74, 6) is -0.416. The van der Waals surface area contributed by atoms with Crippen LogP contribution in [0.2, 0.25) is 0 Å². The Kier molecular flexibility index (Phi) is 5.19. The van der Waals surface area contributed by atoms with Gasteiger partial charge in [0.1, 0.15) is 6.23 Å². The highest BCUT2D eigenvalue weighted by atomic mass is 16.6. The highest BCUT2D eigenvalue weighted by Gasteiger charge is 2.41. The number of nitrogens with two attached hydrogens (primary N) is 1. The smallest absolute Gasteiger partial charge is 0.339 e. The monoisotopic (exact) mass is 271 g/mol. The van der Waals surface area contributed by atoms with Crippen molar-refractivity contribution >= 4 is 5.97 Å². The summed E-state index contributed by atoms with van der Waals surface area (Å²) >= 11 is 0. The van der Waals surface area contributed by atoms with Crippen LogP contribution in [0.4, 0.5) is 0 Å². The molecule has 2 fully saturated rings. The standard InChI is InChI=1S/C14H25NO4/c1-2-17-13(16)11-12(15)19-14(9-10-18-11)7-5-3-4-6-8-14/h11-12H,2-10,15H2,1H3. The van der Waals surface area contributed by atoms with Gasteiger partial charge in [-0.1, -0.05) is 25.7 Å². The Morgan fingerprint density at radius 2 is 1.95 bits per heavy atom. The number of hydrogen-bond acceptors (Lipinski definition) is 5. The third-order valence-electron chi connectivity index (χ3n) is 4.07. The molecule has 0 radical (unpaired) electrons. The average molecular weight is 271 g/mol. The van der Waals surface area contributed by atoms with Crippen LogP contribution in [0.3, 0.4) is 0 Å². The molecule has 5 heteroatoms. The largest absolute Gasteiger partial charge is 0.464 e. The topological polar surface area (TPSA) is 70.8 Å². The lowest BCUT2D eigenvalue weighted by Gasteiger charge is -2.33. The van der Waals surface area contributed by atoms with Crippen molar-refractivity contribution in [1.29, 1.82) is 0 Å². The Hall–Kier alpha value is -0.650. The zero-order valence-corrected chi connectivity index (χ0v) is 11.7. The molecule has 1 spiro atoms. The van der Waals surface area contributed by atoms with Gasteiger partial charge < -0.3 is 19.9 Å². The van der Waals surface area contributed by atoms with Gasteiger partial charge in [0, 0.05) is 0 Å². The number of ether oxygens (including phenoxy) is 3. The molecule has 110 valence electrons. The van der Waals surface area contributed by atoms with Crippen LogP contribution in [0.5, 0.6) is 0 Å². The van der Waals surface area contributed by atoms with Crippen molar-refractivity contribution in [2.75, 3.05) is 13.2 Å². The second-order valence-electron chi connectivity index (χ2n) is 5.47. The Morgan fingerprint density at radius 1 is 1.26 bits per heavy atom. The molecule has 2 atom stereocenters. The lowest BCUT2D eigenvalue weighted by molar-refractivity contribution is -0.169. The summed E-state index contributed by atoms with van der Waals surface area (Å²) in [7, 11) is 0. The molecule has 1 heterocycles. The summed E-state index contributed by atoms with van der Waals surface area (Å²) in [5.41, 5.74) is 5.82. The van der Waals surface area contributed by atoms with Gasteiger partial charge in [-0.05, 0) is 26.2 Å². The fourth-order valence-corrected chi connectivity index (χ4v) is 3.04. The van der Waals surface area contributed by atoms with E-state index in [1.54, 1.807) is 6.92 Å². The third kappa shape index (κ3) is 3.68. The average Bonchev–Trinajstić information content (AvgIpc) is 2.69. The van der Waals surface area contributed by atoms with Crippen LogP contribution in [-0.4, -0.2) is 37.1 Å². The molecule has 2 N–H and O–H groups in total. The van der Waals surface area contributed by atoms with Gasteiger partial charge in [0.25, 0.3) is 0 Å². The molecule has 1 aliphatic heterocycles. The minimum Gasteiger partial charge on any atom is -0.464 e. The summed E-state index contributed by atoms with van der Waals surface area (Å²) in [5, 5.41) is 0. The van der Waals surface area contributed by atoms with Crippen molar-refractivity contribution in [3.8, 4) is 0 Å². The van der Waals surface area contributed by atoms with Gasteiger partial charge in [-0.25, -0.2) is 4.79 Å². The van der Waals surface area contributed by atoms with E-state index in [0.717, 1.165) is 32.1 Å². The summed E-state index contributed by atoms with van der Waals surface area (Å²) in [6, 6.07) is 0. The second kappa shape index (κ2) is 6.68. The van der Waals surface area contributed by atoms with E-state index in [2.05, 4.69) is 0 Å². The molecular weight excluding hydrogens is 246 g/mol. The van der Waals surface area contributed by atoms with E-state index in [1.165, 1.54) is 12.8 Å². The molecule has 2 rings (SSSR count). The molecule has 1 saturated carbocycles. The number of rotatable bonds is 2. The van der Waals surface area contributed by atoms with Crippen molar-refractivity contribution < 1.29 is 19.0 Å². The molecule has 0 amide bonds. The van der Waals surface area contributed by atoms with Crippen LogP contribution in [-0.2, 0) is 19.0 Å². The molecule has 0 aromatic carbocycles. The third-order valence-corrected chi connectivity index (χ3v) is 4.07. The lowest BCUT2D eigenvalue weighted by Crippen LogP contribution is -2.47. The molecular formula is C14H25NO4. The zero-order chi connectivity index (χ0) is 13.7. The Bertz CT molecular complexity index is 300. The summed E-state index contributed by atoms with van der Waals surface area (Å²) in [4.78, 5) is 11.8. The normalized spacial score (nSPS) is 31.5. The van der Waals surface area contributed by atoms with Gasteiger partial charge in [0.05, 0.1) is 18.8 Å². The summed E-state index contributed by atoms with van der Waals surface area (Å²) in [6.07, 6.45) is 6.16. The van der Waals surface area contributed by atoms with Crippen LogP contribution in [0.25, 0.3) is 0 Å². The molecule has 5 nitrogen and oxygen atoms in total. The van der Waals surface area contributed by atoms with E-state index in [-0.39, 0.29) is 5.60 Å². The molecule has 2 aliphatic rings. The van der Waals surface area contributed by atoms with E-state index in [9.17, 15) is 4.79 Å². The maximum atomic E-state index is 11.8. The van der Waals surface area contributed by atoms with Crippen LogP contribution in [0, 0.1) is 0 Å². The fourth-order valence-electron chi connectivity index (χ4n) is 3.04. The van der Waals surface area contributed by atoms with E-state index in [4.69, 9.17) is 19.9 Å². The SMILES string of the molecule is CCOC(=O)C1OCCC2(CCCCCC2)OC1N. The van der Waals surface area contributed by atoms with Crippen LogP contribution in [0.1, 0.15) is 51.9 Å². The predicted octanol–water partition coefficient (Wildman–Crippen LogP) is 1.73. The van der Waals surface area contributed by atoms with E-state index < -0.39 is 18.3 Å². The minimum absolute atomic E-state index is 0.197. The van der Waals surface area contributed by atoms with Crippen molar-refractivity contribution in [1.82, 2.24) is 0 Å². The summed E-state index contributed by atoms with van der Waals surface area (Å²) in [6.45, 7) is 2.61. The molecule has 1 aliphatic carbocycles. The second-order valence-corrected chi connectivity index (χ2v) is 5.47. The minimum atomic E-state index is -0.789. The van der Waals surface area contributed by atoms with Gasteiger partial charge >= 0.3 is 5.97 Å². The highest BCUT2D eigenvalue weighted by molar-refractivity contribution is 5.75. The molecule has 19 heavy (non-hydrogen) atoms. The fraction of sp³-hybridized carbons (Fsp3) is 0.929. The van der Waals surface area contributed by atoms with Gasteiger partial charge in [-0.2, -0.15) is 0 Å². The van der Waals surface area contributed by atoms with Crippen LogP contribution >= 0.6 is 0 Å². The van der Waals surface area contributed by atoms with Crippen molar-refractivity contribution in [2.24, 2.45) is 5.73 Å². The number of esters is 1. The highest BCUT2D eigenvalue weighted by Crippen LogP contribution is 2.36. The predicted molar refractivity (Wildman–Crippen MR) is 70.5 cm³/mol. The van der Waals surface area contributed by atoms with E-state index in [0.29, 0.717) is 13.2 Å².